The molecule has 1 atom stereocenters. The minimum Gasteiger partial charge on any atom is -0.355 e. The molecule has 0 bridgehead atoms. The van der Waals surface area contributed by atoms with Crippen LogP contribution in [0.4, 0.5) is 11.4 Å². The van der Waals surface area contributed by atoms with Gasteiger partial charge in [-0.05, 0) is 54.4 Å². The van der Waals surface area contributed by atoms with Crippen LogP contribution in [0.5, 0.6) is 0 Å². The number of hydrogen-bond acceptors (Lipinski definition) is 3. The SMILES string of the molecule is Cc1ccccc1C(NC(=S)Nc1cccc(N(C)S(C)(=O)=O)c1)C(C)C. The van der Waals surface area contributed by atoms with E-state index in [0.717, 1.165) is 5.69 Å². The van der Waals surface area contributed by atoms with Crippen molar-refractivity contribution in [2.75, 3.05) is 22.9 Å². The molecule has 27 heavy (non-hydrogen) atoms. The Bertz CT molecular complexity index is 911. The number of anilines is 2. The first-order valence-electron chi connectivity index (χ1n) is 8.76. The zero-order chi connectivity index (χ0) is 20.2. The molecule has 2 aromatic rings. The molecule has 0 aromatic heterocycles. The maximum atomic E-state index is 11.7. The highest BCUT2D eigenvalue weighted by molar-refractivity contribution is 7.92. The molecule has 0 radical (unpaired) electrons. The van der Waals surface area contributed by atoms with Crippen molar-refractivity contribution in [1.29, 1.82) is 0 Å². The van der Waals surface area contributed by atoms with Gasteiger partial charge in [0.2, 0.25) is 10.0 Å². The normalized spacial score (nSPS) is 12.5. The molecule has 7 heteroatoms. The Morgan fingerprint density at radius 3 is 2.37 bits per heavy atom. The quantitative estimate of drug-likeness (QED) is 0.709. The fourth-order valence-electron chi connectivity index (χ4n) is 2.82. The zero-order valence-electron chi connectivity index (χ0n) is 16.4. The molecular weight excluding hydrogens is 378 g/mol. The van der Waals surface area contributed by atoms with Gasteiger partial charge in [-0.15, -0.1) is 0 Å². The summed E-state index contributed by atoms with van der Waals surface area (Å²) < 4.78 is 24.7. The lowest BCUT2D eigenvalue weighted by Gasteiger charge is -2.26. The fraction of sp³-hybridized carbons (Fsp3) is 0.350. The predicted molar refractivity (Wildman–Crippen MR) is 118 cm³/mol. The first-order valence-corrected chi connectivity index (χ1v) is 11.0. The summed E-state index contributed by atoms with van der Waals surface area (Å²) in [5, 5.41) is 7.05. The lowest BCUT2D eigenvalue weighted by molar-refractivity contribution is 0.471. The molecule has 0 amide bonds. The van der Waals surface area contributed by atoms with Crippen LogP contribution >= 0.6 is 12.2 Å². The van der Waals surface area contributed by atoms with Gasteiger partial charge in [-0.2, -0.15) is 0 Å². The van der Waals surface area contributed by atoms with Gasteiger partial charge in [0.1, 0.15) is 0 Å². The zero-order valence-corrected chi connectivity index (χ0v) is 18.0. The molecule has 0 saturated carbocycles. The average Bonchev–Trinajstić information content (AvgIpc) is 2.59. The van der Waals surface area contributed by atoms with Gasteiger partial charge in [-0.25, -0.2) is 8.42 Å². The molecule has 2 rings (SSSR count). The van der Waals surface area contributed by atoms with Crippen LogP contribution in [-0.4, -0.2) is 26.8 Å². The second-order valence-corrected chi connectivity index (χ2v) is 9.38. The van der Waals surface area contributed by atoms with E-state index in [-0.39, 0.29) is 6.04 Å². The molecule has 146 valence electrons. The highest BCUT2D eigenvalue weighted by atomic mass is 32.2. The van der Waals surface area contributed by atoms with Gasteiger partial charge in [-0.3, -0.25) is 4.31 Å². The first-order chi connectivity index (χ1) is 12.6. The van der Waals surface area contributed by atoms with E-state index in [1.165, 1.54) is 28.7 Å². The molecule has 5 nitrogen and oxygen atoms in total. The maximum Gasteiger partial charge on any atom is 0.231 e. The first kappa shape index (κ1) is 21.2. The van der Waals surface area contributed by atoms with Gasteiger partial charge in [0, 0.05) is 12.7 Å². The van der Waals surface area contributed by atoms with Crippen LogP contribution in [0.25, 0.3) is 0 Å². The molecule has 0 fully saturated rings. The number of sulfonamides is 1. The monoisotopic (exact) mass is 405 g/mol. The largest absolute Gasteiger partial charge is 0.355 e. The van der Waals surface area contributed by atoms with Crippen LogP contribution in [-0.2, 0) is 10.0 Å². The van der Waals surface area contributed by atoms with Crippen LogP contribution in [0.15, 0.2) is 48.5 Å². The molecule has 1 unspecified atom stereocenters. The maximum absolute atomic E-state index is 11.7. The minimum atomic E-state index is -3.32. The Morgan fingerprint density at radius 2 is 1.78 bits per heavy atom. The molecule has 0 aliphatic carbocycles. The second kappa shape index (κ2) is 8.71. The number of benzene rings is 2. The number of hydrogen-bond donors (Lipinski definition) is 2. The van der Waals surface area contributed by atoms with Crippen LogP contribution < -0.4 is 14.9 Å². The van der Waals surface area contributed by atoms with E-state index in [0.29, 0.717) is 16.7 Å². The Kier molecular flexibility index (Phi) is 6.84. The summed E-state index contributed by atoms with van der Waals surface area (Å²) in [5.41, 5.74) is 3.72. The average molecular weight is 406 g/mol. The highest BCUT2D eigenvalue weighted by Crippen LogP contribution is 2.25. The van der Waals surface area contributed by atoms with Gasteiger partial charge >= 0.3 is 0 Å². The third-order valence-corrected chi connectivity index (χ3v) is 5.87. The van der Waals surface area contributed by atoms with Crippen LogP contribution in [0.2, 0.25) is 0 Å². The van der Waals surface area contributed by atoms with Gasteiger partial charge in [0.05, 0.1) is 18.0 Å². The van der Waals surface area contributed by atoms with Crippen LogP contribution in [0.3, 0.4) is 0 Å². The lowest BCUT2D eigenvalue weighted by Crippen LogP contribution is -2.35. The van der Waals surface area contributed by atoms with E-state index in [1.54, 1.807) is 18.2 Å². The summed E-state index contributed by atoms with van der Waals surface area (Å²) in [6.07, 6.45) is 1.18. The standard InChI is InChI=1S/C20H27N3O2S2/c1-14(2)19(18-12-7-6-9-15(18)3)22-20(26)21-16-10-8-11-17(13-16)23(4)27(5,24)25/h6-14,19H,1-5H3,(H2,21,22,26). The summed E-state index contributed by atoms with van der Waals surface area (Å²) in [5.74, 6) is 0.341. The molecule has 0 spiro atoms. The van der Waals surface area contributed by atoms with E-state index < -0.39 is 10.0 Å². The predicted octanol–water partition coefficient (Wildman–Crippen LogP) is 4.07. The Balaban J connectivity index is 2.16. The van der Waals surface area contributed by atoms with Gasteiger partial charge < -0.3 is 10.6 Å². The summed E-state index contributed by atoms with van der Waals surface area (Å²) in [6.45, 7) is 6.39. The van der Waals surface area contributed by atoms with E-state index in [4.69, 9.17) is 12.2 Å². The van der Waals surface area contributed by atoms with Crippen molar-refractivity contribution in [2.24, 2.45) is 5.92 Å². The second-order valence-electron chi connectivity index (χ2n) is 6.96. The van der Waals surface area contributed by atoms with E-state index in [9.17, 15) is 8.42 Å². The third kappa shape index (κ3) is 5.68. The summed E-state index contributed by atoms with van der Waals surface area (Å²) in [6, 6.07) is 15.5. The lowest BCUT2D eigenvalue weighted by atomic mass is 9.93. The van der Waals surface area contributed by atoms with Gasteiger partial charge in [-0.1, -0.05) is 44.2 Å². The highest BCUT2D eigenvalue weighted by Gasteiger charge is 2.19. The van der Waals surface area contributed by atoms with Crippen molar-refractivity contribution in [3.8, 4) is 0 Å². The van der Waals surface area contributed by atoms with Gasteiger partial charge in [0.25, 0.3) is 0 Å². The molecule has 0 heterocycles. The Morgan fingerprint density at radius 1 is 1.11 bits per heavy atom. The third-order valence-electron chi connectivity index (χ3n) is 4.44. The molecular formula is C20H27N3O2S2. The molecule has 0 aliphatic rings. The van der Waals surface area contributed by atoms with Crippen molar-refractivity contribution in [3.05, 3.63) is 59.7 Å². The summed E-state index contributed by atoms with van der Waals surface area (Å²) in [7, 11) is -1.79. The molecule has 2 N–H and O–H groups in total. The van der Waals surface area contributed by atoms with E-state index >= 15 is 0 Å². The summed E-state index contributed by atoms with van der Waals surface area (Å²) >= 11 is 5.50. The number of nitrogens with zero attached hydrogens (tertiary/aromatic N) is 1. The van der Waals surface area contributed by atoms with Crippen LogP contribution in [0.1, 0.15) is 31.0 Å². The number of aryl methyl sites for hydroxylation is 1. The van der Waals surface area contributed by atoms with Crippen molar-refractivity contribution < 1.29 is 8.42 Å². The van der Waals surface area contributed by atoms with Crippen molar-refractivity contribution in [3.63, 3.8) is 0 Å². The van der Waals surface area contributed by atoms with Crippen molar-refractivity contribution in [1.82, 2.24) is 5.32 Å². The summed E-state index contributed by atoms with van der Waals surface area (Å²) in [4.78, 5) is 0. The smallest absolute Gasteiger partial charge is 0.231 e. The van der Waals surface area contributed by atoms with Crippen molar-refractivity contribution in [2.45, 2.75) is 26.8 Å². The van der Waals surface area contributed by atoms with E-state index in [2.05, 4.69) is 43.5 Å². The molecule has 0 aliphatic heterocycles. The van der Waals surface area contributed by atoms with Crippen LogP contribution in [0, 0.1) is 12.8 Å². The van der Waals surface area contributed by atoms with Gasteiger partial charge in [0.15, 0.2) is 5.11 Å². The Hall–Kier alpha value is -2.12. The van der Waals surface area contributed by atoms with E-state index in [1.807, 2.05) is 18.2 Å². The topological polar surface area (TPSA) is 61.4 Å². The van der Waals surface area contributed by atoms with Crippen molar-refractivity contribution >= 4 is 38.7 Å². The number of nitrogens with one attached hydrogen (secondary N) is 2. The fourth-order valence-corrected chi connectivity index (χ4v) is 3.56. The number of thiocarbonyl (C=S) groups is 1. The minimum absolute atomic E-state index is 0.0769. The Labute approximate surface area is 167 Å². The molecule has 0 saturated heterocycles. The number of rotatable bonds is 6. The molecule has 2 aromatic carbocycles.